The number of benzene rings is 2. The quantitative estimate of drug-likeness (QED) is 0.725. The number of nitrogens with zero attached hydrogens (tertiary/aromatic N) is 3. The average molecular weight is 324 g/mol. The first-order valence-electron chi connectivity index (χ1n) is 6.66. The summed E-state index contributed by atoms with van der Waals surface area (Å²) in [6.45, 7) is 7.39. The van der Waals surface area contributed by atoms with E-state index in [0.717, 1.165) is 11.1 Å². The Morgan fingerprint density at radius 3 is 2.57 bits per heavy atom. The number of aromatic carboxylic acids is 1. The second-order valence-corrected chi connectivity index (χ2v) is 5.10. The highest BCUT2D eigenvalue weighted by molar-refractivity contribution is 6.32. The fourth-order valence-electron chi connectivity index (χ4n) is 2.26. The largest absolute Gasteiger partial charge is 0.478 e. The lowest BCUT2D eigenvalue weighted by molar-refractivity contribution is 0.0697. The van der Waals surface area contributed by atoms with Crippen LogP contribution in [-0.4, -0.2) is 20.9 Å². The summed E-state index contributed by atoms with van der Waals surface area (Å²) in [4.78, 5) is 14.6. The third kappa shape index (κ3) is 2.68. The summed E-state index contributed by atoms with van der Waals surface area (Å²) in [7, 11) is 0. The molecule has 0 radical (unpaired) electrons. The summed E-state index contributed by atoms with van der Waals surface area (Å²) in [6, 6.07) is 14.8. The van der Waals surface area contributed by atoms with Gasteiger partial charge >= 0.3 is 5.97 Å². The number of hydrogen-bond acceptors (Lipinski definition) is 2. The monoisotopic (exact) mass is 323 g/mol. The van der Waals surface area contributed by atoms with Crippen molar-refractivity contribution in [3.63, 3.8) is 0 Å². The van der Waals surface area contributed by atoms with E-state index in [4.69, 9.17) is 23.3 Å². The molecule has 1 aromatic heterocycles. The lowest BCUT2D eigenvalue weighted by atomic mass is 10.0. The van der Waals surface area contributed by atoms with Crippen LogP contribution in [0.2, 0.25) is 5.15 Å². The molecule has 0 amide bonds. The van der Waals surface area contributed by atoms with Crippen LogP contribution in [0.1, 0.15) is 10.4 Å². The van der Waals surface area contributed by atoms with Crippen molar-refractivity contribution >= 4 is 23.3 Å². The van der Waals surface area contributed by atoms with Gasteiger partial charge in [-0.2, -0.15) is 5.10 Å². The molecule has 0 spiro atoms. The maximum absolute atomic E-state index is 11.0. The van der Waals surface area contributed by atoms with Gasteiger partial charge in [-0.15, -0.1) is 0 Å². The number of rotatable bonds is 3. The fraction of sp³-hybridized carbons (Fsp3) is 0. The van der Waals surface area contributed by atoms with E-state index in [1.165, 1.54) is 10.9 Å². The molecular formula is C17H10ClN3O2. The first-order valence-corrected chi connectivity index (χ1v) is 7.03. The van der Waals surface area contributed by atoms with E-state index in [9.17, 15) is 4.79 Å². The Balaban J connectivity index is 2.11. The smallest absolute Gasteiger partial charge is 0.340 e. The summed E-state index contributed by atoms with van der Waals surface area (Å²) in [5.41, 5.74) is 2.63. The van der Waals surface area contributed by atoms with Crippen molar-refractivity contribution in [3.8, 4) is 16.8 Å². The van der Waals surface area contributed by atoms with Crippen molar-refractivity contribution in [2.24, 2.45) is 0 Å². The van der Waals surface area contributed by atoms with Gasteiger partial charge in [0.05, 0.1) is 18.5 Å². The van der Waals surface area contributed by atoms with Crippen LogP contribution in [-0.2, 0) is 0 Å². The molecule has 3 aromatic rings. The van der Waals surface area contributed by atoms with Crippen LogP contribution in [0.15, 0.2) is 54.7 Å². The summed E-state index contributed by atoms with van der Waals surface area (Å²) in [5, 5.41) is 13.0. The Bertz CT molecular complexity index is 927. The highest BCUT2D eigenvalue weighted by Crippen LogP contribution is 2.33. The molecule has 0 saturated carbocycles. The molecule has 112 valence electrons. The average Bonchev–Trinajstić information content (AvgIpc) is 2.97. The van der Waals surface area contributed by atoms with Crippen molar-refractivity contribution in [3.05, 3.63) is 76.9 Å². The Morgan fingerprint density at radius 1 is 1.22 bits per heavy atom. The number of carboxylic acid groups (broad SMARTS) is 1. The Labute approximate surface area is 137 Å². The lowest BCUT2D eigenvalue weighted by Gasteiger charge is -2.08. The third-order valence-corrected chi connectivity index (χ3v) is 3.74. The van der Waals surface area contributed by atoms with Crippen molar-refractivity contribution in [2.75, 3.05) is 0 Å². The van der Waals surface area contributed by atoms with Gasteiger partial charge in [0.2, 0.25) is 0 Å². The van der Waals surface area contributed by atoms with E-state index in [1.807, 2.05) is 30.3 Å². The predicted molar refractivity (Wildman–Crippen MR) is 87.2 cm³/mol. The van der Waals surface area contributed by atoms with Gasteiger partial charge < -0.3 is 5.11 Å². The number of aromatic nitrogens is 2. The van der Waals surface area contributed by atoms with Gasteiger partial charge in [0.25, 0.3) is 0 Å². The molecule has 5 nitrogen and oxygen atoms in total. The standard InChI is InChI=1S/C17H10ClN3O2/c1-19-15-9-12(21-16(18)14(10-20-21)17(22)23)7-8-13(15)11-5-3-2-4-6-11/h2-10H,(H,22,23). The summed E-state index contributed by atoms with van der Waals surface area (Å²) >= 11 is 6.05. The van der Waals surface area contributed by atoms with Gasteiger partial charge in [-0.25, -0.2) is 14.3 Å². The molecule has 1 N–H and O–H groups in total. The van der Waals surface area contributed by atoms with Crippen molar-refractivity contribution < 1.29 is 9.90 Å². The maximum atomic E-state index is 11.0. The van der Waals surface area contributed by atoms with Crippen molar-refractivity contribution in [1.82, 2.24) is 9.78 Å². The molecule has 0 aliphatic heterocycles. The zero-order chi connectivity index (χ0) is 16.4. The molecular weight excluding hydrogens is 314 g/mol. The van der Waals surface area contributed by atoms with Crippen LogP contribution in [0.25, 0.3) is 21.7 Å². The van der Waals surface area contributed by atoms with Gasteiger partial charge in [-0.1, -0.05) is 48.0 Å². The Kier molecular flexibility index (Phi) is 3.83. The molecule has 2 aromatic carbocycles. The minimum absolute atomic E-state index is 0.000826. The number of carboxylic acids is 1. The van der Waals surface area contributed by atoms with Crippen LogP contribution in [0, 0.1) is 6.57 Å². The molecule has 0 saturated heterocycles. The Morgan fingerprint density at radius 2 is 1.96 bits per heavy atom. The van der Waals surface area contributed by atoms with Crippen LogP contribution in [0.4, 0.5) is 5.69 Å². The van der Waals surface area contributed by atoms with E-state index in [0.29, 0.717) is 11.4 Å². The number of hydrogen-bond donors (Lipinski definition) is 1. The van der Waals surface area contributed by atoms with Gasteiger partial charge in [-0.3, -0.25) is 0 Å². The number of carbonyl (C=O) groups is 1. The maximum Gasteiger partial charge on any atom is 0.340 e. The molecule has 6 heteroatoms. The van der Waals surface area contributed by atoms with Crippen LogP contribution in [0.3, 0.4) is 0 Å². The van der Waals surface area contributed by atoms with Crippen LogP contribution in [0.5, 0.6) is 0 Å². The highest BCUT2D eigenvalue weighted by atomic mass is 35.5. The van der Waals surface area contributed by atoms with Gasteiger partial charge in [-0.05, 0) is 23.3 Å². The van der Waals surface area contributed by atoms with E-state index in [-0.39, 0.29) is 10.7 Å². The van der Waals surface area contributed by atoms with Gasteiger partial charge in [0.1, 0.15) is 10.7 Å². The van der Waals surface area contributed by atoms with Crippen LogP contribution >= 0.6 is 11.6 Å². The molecule has 3 rings (SSSR count). The second kappa shape index (κ2) is 5.95. The van der Waals surface area contributed by atoms with Gasteiger partial charge in [0.15, 0.2) is 5.69 Å². The normalized spacial score (nSPS) is 10.3. The first-order chi connectivity index (χ1) is 11.1. The van der Waals surface area contributed by atoms with Crippen LogP contribution < -0.4 is 0 Å². The summed E-state index contributed by atoms with van der Waals surface area (Å²) in [6.07, 6.45) is 1.19. The SMILES string of the molecule is [C-]#[N+]c1cc(-n2ncc(C(=O)O)c2Cl)ccc1-c1ccccc1. The van der Waals surface area contributed by atoms with Crippen molar-refractivity contribution in [1.29, 1.82) is 0 Å². The minimum atomic E-state index is -1.15. The van der Waals surface area contributed by atoms with Crippen molar-refractivity contribution in [2.45, 2.75) is 0 Å². The summed E-state index contributed by atoms with van der Waals surface area (Å²) < 4.78 is 1.30. The first kappa shape index (κ1) is 14.8. The predicted octanol–water partition coefficient (Wildman–Crippen LogP) is 4.44. The van der Waals surface area contributed by atoms with E-state index < -0.39 is 5.97 Å². The lowest BCUT2D eigenvalue weighted by Crippen LogP contribution is -1.99. The molecule has 0 atom stereocenters. The molecule has 0 unspecified atom stereocenters. The minimum Gasteiger partial charge on any atom is -0.478 e. The molecule has 0 aliphatic rings. The summed E-state index contributed by atoms with van der Waals surface area (Å²) in [5.74, 6) is -1.15. The molecule has 23 heavy (non-hydrogen) atoms. The molecule has 0 fully saturated rings. The number of halogens is 1. The Hall–Kier alpha value is -3.10. The second-order valence-electron chi connectivity index (χ2n) is 4.75. The third-order valence-electron chi connectivity index (χ3n) is 3.37. The van der Waals surface area contributed by atoms with E-state index in [2.05, 4.69) is 9.94 Å². The van der Waals surface area contributed by atoms with Gasteiger partial charge in [0, 0.05) is 0 Å². The topological polar surface area (TPSA) is 59.5 Å². The fourth-order valence-corrected chi connectivity index (χ4v) is 2.53. The molecule has 0 aliphatic carbocycles. The molecule has 1 heterocycles. The highest BCUT2D eigenvalue weighted by Gasteiger charge is 2.16. The van der Waals surface area contributed by atoms with E-state index in [1.54, 1.807) is 18.2 Å². The zero-order valence-corrected chi connectivity index (χ0v) is 12.5. The van der Waals surface area contributed by atoms with E-state index >= 15 is 0 Å². The molecule has 0 bridgehead atoms. The zero-order valence-electron chi connectivity index (χ0n) is 11.8.